The van der Waals surface area contributed by atoms with Gasteiger partial charge in [-0.3, -0.25) is 10.1 Å². The first kappa shape index (κ1) is 17.9. The summed E-state index contributed by atoms with van der Waals surface area (Å²) in [5, 5.41) is 16.3. The zero-order chi connectivity index (χ0) is 17.9. The van der Waals surface area contributed by atoms with Gasteiger partial charge in [-0.25, -0.2) is 13.6 Å². The molecule has 0 aliphatic heterocycles. The maximum atomic E-state index is 11.4. The fraction of sp³-hybridized carbons (Fsp3) is 0.250. The van der Waals surface area contributed by atoms with Crippen LogP contribution in [0.15, 0.2) is 47.4 Å². The van der Waals surface area contributed by atoms with Gasteiger partial charge in [0.1, 0.15) is 5.69 Å². The van der Waals surface area contributed by atoms with Crippen LogP contribution in [0.3, 0.4) is 0 Å². The van der Waals surface area contributed by atoms with E-state index < -0.39 is 14.9 Å². The van der Waals surface area contributed by atoms with E-state index in [1.165, 1.54) is 17.7 Å². The number of hydrogen-bond acceptors (Lipinski definition) is 5. The topological polar surface area (TPSA) is 107 Å². The summed E-state index contributed by atoms with van der Waals surface area (Å²) in [4.78, 5) is 12.1. The Labute approximate surface area is 140 Å². The van der Waals surface area contributed by atoms with Crippen LogP contribution in [-0.2, 0) is 23.0 Å². The first-order valence-electron chi connectivity index (χ1n) is 7.32. The summed E-state index contributed by atoms with van der Waals surface area (Å²) in [5.74, 6) is 0. The lowest BCUT2D eigenvalue weighted by molar-refractivity contribution is -0.384. The number of anilines is 1. The highest BCUT2D eigenvalue weighted by atomic mass is 32.2. The molecule has 0 saturated carbocycles. The van der Waals surface area contributed by atoms with Crippen molar-refractivity contribution >= 4 is 21.4 Å². The molecule has 0 radical (unpaired) electrons. The predicted octanol–water partition coefficient (Wildman–Crippen LogP) is 2.44. The van der Waals surface area contributed by atoms with E-state index in [9.17, 15) is 18.5 Å². The maximum absolute atomic E-state index is 11.4. The van der Waals surface area contributed by atoms with Gasteiger partial charge in [0.05, 0.1) is 9.82 Å². The van der Waals surface area contributed by atoms with Gasteiger partial charge in [-0.15, -0.1) is 0 Å². The summed E-state index contributed by atoms with van der Waals surface area (Å²) in [6, 6.07) is 11.6. The van der Waals surface area contributed by atoms with Gasteiger partial charge in [-0.1, -0.05) is 31.2 Å². The molecule has 2 aromatic carbocycles. The molecule has 0 aliphatic carbocycles. The normalized spacial score (nSPS) is 11.3. The van der Waals surface area contributed by atoms with E-state index in [1.54, 1.807) is 11.9 Å². The van der Waals surface area contributed by atoms with Gasteiger partial charge in [0.15, 0.2) is 0 Å². The van der Waals surface area contributed by atoms with Crippen LogP contribution in [0, 0.1) is 10.1 Å². The lowest BCUT2D eigenvalue weighted by atomic mass is 10.1. The summed E-state index contributed by atoms with van der Waals surface area (Å²) in [7, 11) is -2.28. The van der Waals surface area contributed by atoms with Gasteiger partial charge < -0.3 is 4.90 Å². The molecule has 0 aromatic heterocycles. The van der Waals surface area contributed by atoms with Crippen LogP contribution >= 0.6 is 0 Å². The summed E-state index contributed by atoms with van der Waals surface area (Å²) in [6.07, 6.45) is 0.941. The Bertz CT molecular complexity index is 848. The molecule has 0 spiro atoms. The number of nitrogens with two attached hydrogens (primary N) is 1. The van der Waals surface area contributed by atoms with Crippen LogP contribution in [0.25, 0.3) is 0 Å². The average molecular weight is 349 g/mol. The average Bonchev–Trinajstić information content (AvgIpc) is 2.54. The minimum Gasteiger partial charge on any atom is -0.365 e. The Balaban J connectivity index is 2.33. The number of sulfonamides is 1. The first-order valence-corrected chi connectivity index (χ1v) is 8.87. The summed E-state index contributed by atoms with van der Waals surface area (Å²) < 4.78 is 22.8. The molecular formula is C16H19N3O4S. The molecule has 128 valence electrons. The quantitative estimate of drug-likeness (QED) is 0.637. The van der Waals surface area contributed by atoms with Crippen molar-refractivity contribution in [3.05, 3.63) is 63.7 Å². The third-order valence-electron chi connectivity index (χ3n) is 3.73. The van der Waals surface area contributed by atoms with Gasteiger partial charge >= 0.3 is 0 Å². The molecule has 24 heavy (non-hydrogen) atoms. The number of nitro benzene ring substituents is 1. The zero-order valence-electron chi connectivity index (χ0n) is 13.5. The lowest BCUT2D eigenvalue weighted by Gasteiger charge is -2.19. The van der Waals surface area contributed by atoms with Crippen molar-refractivity contribution in [3.63, 3.8) is 0 Å². The van der Waals surface area contributed by atoms with Crippen LogP contribution in [0.1, 0.15) is 18.1 Å². The van der Waals surface area contributed by atoms with Gasteiger partial charge in [-0.05, 0) is 29.7 Å². The van der Waals surface area contributed by atoms with Crippen LogP contribution < -0.4 is 10.0 Å². The van der Waals surface area contributed by atoms with Crippen molar-refractivity contribution in [1.29, 1.82) is 0 Å². The van der Waals surface area contributed by atoms with E-state index in [4.69, 9.17) is 5.14 Å². The molecule has 7 nitrogen and oxygen atoms in total. The van der Waals surface area contributed by atoms with E-state index >= 15 is 0 Å². The van der Waals surface area contributed by atoms with Gasteiger partial charge in [0, 0.05) is 19.7 Å². The third kappa shape index (κ3) is 4.09. The zero-order valence-corrected chi connectivity index (χ0v) is 14.3. The number of primary sulfonamides is 1. The molecule has 8 heteroatoms. The minimum atomic E-state index is -3.99. The summed E-state index contributed by atoms with van der Waals surface area (Å²) in [6.45, 7) is 2.52. The number of nitrogens with zero attached hydrogens (tertiary/aromatic N) is 2. The molecule has 0 unspecified atom stereocenters. The third-order valence-corrected chi connectivity index (χ3v) is 4.65. The van der Waals surface area contributed by atoms with Crippen LogP contribution in [-0.4, -0.2) is 20.4 Å². The van der Waals surface area contributed by atoms with Crippen LogP contribution in [0.4, 0.5) is 11.4 Å². The first-order chi connectivity index (χ1) is 11.2. The number of aryl methyl sites for hydroxylation is 1. The number of rotatable bonds is 6. The molecule has 2 aromatic rings. The highest BCUT2D eigenvalue weighted by Gasteiger charge is 2.21. The Hall–Kier alpha value is -2.45. The Morgan fingerprint density at radius 3 is 2.21 bits per heavy atom. The molecule has 0 fully saturated rings. The second-order valence-corrected chi connectivity index (χ2v) is 7.04. The standard InChI is InChI=1S/C16H19N3O4S/c1-3-12-4-6-13(7-5-12)11-18(2)15-9-8-14(24(17,22)23)10-16(15)19(20)21/h4-10H,3,11H2,1-2H3,(H2,17,22,23). The van der Waals surface area contributed by atoms with Crippen molar-refractivity contribution < 1.29 is 13.3 Å². The lowest BCUT2D eigenvalue weighted by Crippen LogP contribution is -2.19. The molecule has 2 rings (SSSR count). The minimum absolute atomic E-state index is 0.279. The van der Waals surface area contributed by atoms with E-state index in [1.807, 2.05) is 24.3 Å². The molecule has 0 heterocycles. The highest BCUT2D eigenvalue weighted by molar-refractivity contribution is 7.89. The number of nitro groups is 1. The Morgan fingerprint density at radius 2 is 1.71 bits per heavy atom. The smallest absolute Gasteiger partial charge is 0.293 e. The highest BCUT2D eigenvalue weighted by Crippen LogP contribution is 2.30. The molecule has 0 amide bonds. The van der Waals surface area contributed by atoms with E-state index in [0.29, 0.717) is 12.2 Å². The van der Waals surface area contributed by atoms with Crippen molar-refractivity contribution in [1.82, 2.24) is 0 Å². The van der Waals surface area contributed by atoms with Gasteiger partial charge in [-0.2, -0.15) is 0 Å². The molecule has 0 bridgehead atoms. The predicted molar refractivity (Wildman–Crippen MR) is 92.4 cm³/mol. The molecule has 0 atom stereocenters. The van der Waals surface area contributed by atoms with E-state index in [0.717, 1.165) is 18.1 Å². The SMILES string of the molecule is CCc1ccc(CN(C)c2ccc(S(N)(=O)=O)cc2[N+](=O)[O-])cc1. The molecule has 0 aliphatic rings. The molecule has 0 saturated heterocycles. The Kier molecular flexibility index (Phi) is 5.20. The van der Waals surface area contributed by atoms with Gasteiger partial charge in [0.2, 0.25) is 10.0 Å². The monoisotopic (exact) mass is 349 g/mol. The second-order valence-electron chi connectivity index (χ2n) is 5.48. The number of hydrogen-bond donors (Lipinski definition) is 1. The van der Waals surface area contributed by atoms with Gasteiger partial charge in [0.25, 0.3) is 5.69 Å². The fourth-order valence-corrected chi connectivity index (χ4v) is 2.92. The molecule has 2 N–H and O–H groups in total. The largest absolute Gasteiger partial charge is 0.365 e. The molecular weight excluding hydrogens is 330 g/mol. The number of benzene rings is 2. The Morgan fingerprint density at radius 1 is 1.12 bits per heavy atom. The maximum Gasteiger partial charge on any atom is 0.293 e. The van der Waals surface area contributed by atoms with Crippen molar-refractivity contribution in [2.75, 3.05) is 11.9 Å². The van der Waals surface area contributed by atoms with Crippen LogP contribution in [0.2, 0.25) is 0 Å². The van der Waals surface area contributed by atoms with Crippen LogP contribution in [0.5, 0.6) is 0 Å². The van der Waals surface area contributed by atoms with Crippen molar-refractivity contribution in [3.8, 4) is 0 Å². The fourth-order valence-electron chi connectivity index (χ4n) is 2.39. The summed E-state index contributed by atoms with van der Waals surface area (Å²) >= 11 is 0. The van der Waals surface area contributed by atoms with E-state index in [-0.39, 0.29) is 10.6 Å². The van der Waals surface area contributed by atoms with Crippen molar-refractivity contribution in [2.45, 2.75) is 24.8 Å². The summed E-state index contributed by atoms with van der Waals surface area (Å²) in [5.41, 5.74) is 2.24. The van der Waals surface area contributed by atoms with E-state index in [2.05, 4.69) is 6.92 Å². The van der Waals surface area contributed by atoms with Crippen molar-refractivity contribution in [2.24, 2.45) is 5.14 Å². The second kappa shape index (κ2) is 6.98.